The van der Waals surface area contributed by atoms with Gasteiger partial charge in [0.05, 0.1) is 28.4 Å². The van der Waals surface area contributed by atoms with E-state index in [0.29, 0.717) is 28.6 Å². The highest BCUT2D eigenvalue weighted by atomic mass is 16.5. The van der Waals surface area contributed by atoms with E-state index in [-0.39, 0.29) is 18.1 Å². The fourth-order valence-corrected chi connectivity index (χ4v) is 4.13. The number of benzene rings is 2. The summed E-state index contributed by atoms with van der Waals surface area (Å²) in [6.45, 7) is 1.53. The number of hydrogen-bond acceptors (Lipinski definition) is 6. The Labute approximate surface area is 183 Å². The van der Waals surface area contributed by atoms with Gasteiger partial charge in [0.1, 0.15) is 17.2 Å². The van der Waals surface area contributed by atoms with Crippen LogP contribution in [-0.4, -0.2) is 57.4 Å². The van der Waals surface area contributed by atoms with Gasteiger partial charge in [0.25, 0.3) is 0 Å². The summed E-state index contributed by atoms with van der Waals surface area (Å²) < 4.78 is 21.7. The van der Waals surface area contributed by atoms with Gasteiger partial charge in [-0.2, -0.15) is 0 Å². The van der Waals surface area contributed by atoms with Gasteiger partial charge in [-0.3, -0.25) is 4.79 Å². The third-order valence-corrected chi connectivity index (χ3v) is 5.80. The number of carbonyl (C=O) groups excluding carboxylic acids is 1. The lowest BCUT2D eigenvalue weighted by atomic mass is 9.86. The van der Waals surface area contributed by atoms with Gasteiger partial charge >= 0.3 is 0 Å². The number of amides is 1. The molecule has 3 rings (SSSR count). The van der Waals surface area contributed by atoms with Crippen molar-refractivity contribution in [2.75, 3.05) is 41.5 Å². The first-order valence-electron chi connectivity index (χ1n) is 10.5. The van der Waals surface area contributed by atoms with Crippen LogP contribution in [0.15, 0.2) is 30.3 Å². The fraction of sp³-hybridized carbons (Fsp3) is 0.458. The van der Waals surface area contributed by atoms with E-state index >= 15 is 0 Å². The quantitative estimate of drug-likeness (QED) is 0.684. The Morgan fingerprint density at radius 1 is 0.903 bits per heavy atom. The molecule has 7 nitrogen and oxygen atoms in total. The molecule has 2 aromatic carbocycles. The SMILES string of the molecule is COc1cc(O)c(C(CC(=O)N2CCCCC2)c2ccc(OC)c(OC)c2)c(OC)c1. The van der Waals surface area contributed by atoms with E-state index in [0.717, 1.165) is 37.9 Å². The molecule has 0 radical (unpaired) electrons. The zero-order valence-corrected chi connectivity index (χ0v) is 18.6. The third kappa shape index (κ3) is 4.98. The summed E-state index contributed by atoms with van der Waals surface area (Å²) in [5.41, 5.74) is 1.36. The van der Waals surface area contributed by atoms with Crippen LogP contribution in [0.1, 0.15) is 42.7 Å². The Morgan fingerprint density at radius 2 is 1.58 bits per heavy atom. The van der Waals surface area contributed by atoms with Gasteiger partial charge in [0.15, 0.2) is 11.5 Å². The second-order valence-corrected chi connectivity index (χ2v) is 7.58. The van der Waals surface area contributed by atoms with E-state index in [1.54, 1.807) is 26.4 Å². The molecule has 0 aromatic heterocycles. The number of methoxy groups -OCH3 is 4. The highest BCUT2D eigenvalue weighted by Gasteiger charge is 2.29. The molecule has 1 heterocycles. The lowest BCUT2D eigenvalue weighted by Gasteiger charge is -2.29. The van der Waals surface area contributed by atoms with Gasteiger partial charge in [-0.25, -0.2) is 0 Å². The predicted molar refractivity (Wildman–Crippen MR) is 118 cm³/mol. The van der Waals surface area contributed by atoms with Crippen molar-refractivity contribution in [3.05, 3.63) is 41.5 Å². The monoisotopic (exact) mass is 429 g/mol. The van der Waals surface area contributed by atoms with E-state index in [2.05, 4.69) is 0 Å². The number of nitrogens with zero attached hydrogens (tertiary/aromatic N) is 1. The maximum Gasteiger partial charge on any atom is 0.223 e. The molecule has 1 fully saturated rings. The van der Waals surface area contributed by atoms with Crippen LogP contribution < -0.4 is 18.9 Å². The maximum atomic E-state index is 13.2. The first-order valence-corrected chi connectivity index (χ1v) is 10.5. The number of aromatic hydroxyl groups is 1. The van der Waals surface area contributed by atoms with Crippen LogP contribution in [0.5, 0.6) is 28.7 Å². The Bertz CT molecular complexity index is 907. The predicted octanol–water partition coefficient (Wildman–Crippen LogP) is 3.96. The molecule has 2 aromatic rings. The van der Waals surface area contributed by atoms with Crippen LogP contribution in [0.3, 0.4) is 0 Å². The molecule has 1 N–H and O–H groups in total. The van der Waals surface area contributed by atoms with E-state index < -0.39 is 5.92 Å². The van der Waals surface area contributed by atoms with Crippen LogP contribution in [0.4, 0.5) is 0 Å². The second-order valence-electron chi connectivity index (χ2n) is 7.58. The van der Waals surface area contributed by atoms with Crippen molar-refractivity contribution in [2.45, 2.75) is 31.6 Å². The lowest BCUT2D eigenvalue weighted by Crippen LogP contribution is -2.36. The smallest absolute Gasteiger partial charge is 0.223 e. The van der Waals surface area contributed by atoms with Gasteiger partial charge in [-0.05, 0) is 37.0 Å². The summed E-state index contributed by atoms with van der Waals surface area (Å²) in [6, 6.07) is 8.79. The molecular formula is C24H31NO6. The van der Waals surface area contributed by atoms with Gasteiger partial charge in [0, 0.05) is 43.1 Å². The average Bonchev–Trinajstić information content (AvgIpc) is 2.82. The highest BCUT2D eigenvalue weighted by Crippen LogP contribution is 2.44. The van der Waals surface area contributed by atoms with Crippen molar-refractivity contribution < 1.29 is 28.8 Å². The molecule has 0 spiro atoms. The van der Waals surface area contributed by atoms with Crippen LogP contribution >= 0.6 is 0 Å². The molecule has 1 unspecified atom stereocenters. The lowest BCUT2D eigenvalue weighted by molar-refractivity contribution is -0.132. The number of ether oxygens (including phenoxy) is 4. The second kappa shape index (κ2) is 10.3. The topological polar surface area (TPSA) is 77.5 Å². The molecule has 1 aliphatic rings. The first-order chi connectivity index (χ1) is 15.0. The van der Waals surface area contributed by atoms with Crippen molar-refractivity contribution in [1.29, 1.82) is 0 Å². The summed E-state index contributed by atoms with van der Waals surface area (Å²) >= 11 is 0. The van der Waals surface area contributed by atoms with Crippen LogP contribution in [0.25, 0.3) is 0 Å². The van der Waals surface area contributed by atoms with Gasteiger partial charge in [0.2, 0.25) is 5.91 Å². The van der Waals surface area contributed by atoms with E-state index in [9.17, 15) is 9.90 Å². The molecule has 7 heteroatoms. The Hall–Kier alpha value is -3.09. The Kier molecular flexibility index (Phi) is 7.50. The van der Waals surface area contributed by atoms with Crippen molar-refractivity contribution in [1.82, 2.24) is 4.90 Å². The largest absolute Gasteiger partial charge is 0.507 e. The summed E-state index contributed by atoms with van der Waals surface area (Å²) in [6.07, 6.45) is 3.38. The van der Waals surface area contributed by atoms with E-state index in [1.165, 1.54) is 20.3 Å². The summed E-state index contributed by atoms with van der Waals surface area (Å²) in [4.78, 5) is 15.1. The Morgan fingerprint density at radius 3 is 2.19 bits per heavy atom. The molecule has 31 heavy (non-hydrogen) atoms. The Balaban J connectivity index is 2.08. The average molecular weight is 430 g/mol. The molecule has 168 valence electrons. The van der Waals surface area contributed by atoms with Gasteiger partial charge in [-0.1, -0.05) is 6.07 Å². The minimum atomic E-state index is -0.435. The highest BCUT2D eigenvalue weighted by molar-refractivity contribution is 5.78. The minimum Gasteiger partial charge on any atom is -0.507 e. The zero-order chi connectivity index (χ0) is 22.4. The summed E-state index contributed by atoms with van der Waals surface area (Å²) in [7, 11) is 6.21. The number of likely N-dealkylation sites (tertiary alicyclic amines) is 1. The summed E-state index contributed by atoms with van der Waals surface area (Å²) in [5, 5.41) is 10.9. The zero-order valence-electron chi connectivity index (χ0n) is 18.6. The van der Waals surface area contributed by atoms with Crippen LogP contribution in [0, 0.1) is 0 Å². The van der Waals surface area contributed by atoms with E-state index in [4.69, 9.17) is 18.9 Å². The van der Waals surface area contributed by atoms with Gasteiger partial charge in [-0.15, -0.1) is 0 Å². The van der Waals surface area contributed by atoms with E-state index in [1.807, 2.05) is 17.0 Å². The standard InChI is InChI=1S/C24H31NO6/c1-28-17-13-19(26)24(22(14-17)31-4)18(15-23(27)25-10-6-5-7-11-25)16-8-9-20(29-2)21(12-16)30-3/h8-9,12-14,18,26H,5-7,10-11,15H2,1-4H3. The number of phenolic OH excluding ortho intramolecular Hbond substituents is 1. The molecule has 1 atom stereocenters. The van der Waals surface area contributed by atoms with Crippen molar-refractivity contribution in [2.24, 2.45) is 0 Å². The molecule has 0 saturated carbocycles. The number of rotatable bonds is 8. The molecule has 1 amide bonds. The third-order valence-electron chi connectivity index (χ3n) is 5.80. The first kappa shape index (κ1) is 22.6. The van der Waals surface area contributed by atoms with Crippen LogP contribution in [0.2, 0.25) is 0 Å². The number of piperidine rings is 1. The van der Waals surface area contributed by atoms with Crippen molar-refractivity contribution >= 4 is 5.91 Å². The normalized spacial score (nSPS) is 14.6. The molecular weight excluding hydrogens is 398 g/mol. The van der Waals surface area contributed by atoms with Crippen molar-refractivity contribution in [3.63, 3.8) is 0 Å². The molecule has 1 saturated heterocycles. The van der Waals surface area contributed by atoms with Crippen LogP contribution in [-0.2, 0) is 4.79 Å². The number of carbonyl (C=O) groups is 1. The number of phenols is 1. The molecule has 1 aliphatic heterocycles. The fourth-order valence-electron chi connectivity index (χ4n) is 4.13. The summed E-state index contributed by atoms with van der Waals surface area (Å²) in [5.74, 6) is 1.73. The molecule has 0 aliphatic carbocycles. The van der Waals surface area contributed by atoms with Gasteiger partial charge < -0.3 is 29.0 Å². The molecule has 0 bridgehead atoms. The van der Waals surface area contributed by atoms with Crippen molar-refractivity contribution in [3.8, 4) is 28.7 Å². The maximum absolute atomic E-state index is 13.2. The minimum absolute atomic E-state index is 0.0161. The number of hydrogen-bond donors (Lipinski definition) is 1.